The fourth-order valence-electron chi connectivity index (χ4n) is 2.41. The smallest absolute Gasteiger partial charge is 0.336 e. The Balaban J connectivity index is 1.71. The van der Waals surface area contributed by atoms with E-state index in [1.54, 1.807) is 66.6 Å². The van der Waals surface area contributed by atoms with Crippen LogP contribution in [0.2, 0.25) is 0 Å². The van der Waals surface area contributed by atoms with Crippen LogP contribution < -0.4 is 5.32 Å². The van der Waals surface area contributed by atoms with Gasteiger partial charge in [0.2, 0.25) is 0 Å². The summed E-state index contributed by atoms with van der Waals surface area (Å²) in [6.45, 7) is 0.260. The number of carbonyl (C=O) groups excluding carboxylic acids is 1. The number of aryl methyl sites for hydroxylation is 1. The number of benzene rings is 1. The van der Waals surface area contributed by atoms with Crippen molar-refractivity contribution in [2.24, 2.45) is 7.05 Å². The minimum Gasteiger partial charge on any atom is -0.478 e. The number of nitrogens with zero attached hydrogens (tertiary/aromatic N) is 3. The van der Waals surface area contributed by atoms with Crippen LogP contribution in [0.4, 0.5) is 0 Å². The van der Waals surface area contributed by atoms with E-state index in [2.05, 4.69) is 15.4 Å². The lowest BCUT2D eigenvalue weighted by atomic mass is 10.0. The molecule has 7 heteroatoms. The molecule has 0 saturated heterocycles. The summed E-state index contributed by atoms with van der Waals surface area (Å²) in [6.07, 6.45) is 3.30. The zero-order valence-corrected chi connectivity index (χ0v) is 13.5. The van der Waals surface area contributed by atoms with Gasteiger partial charge in [-0.05, 0) is 23.8 Å². The molecule has 0 unspecified atom stereocenters. The molecule has 2 heterocycles. The van der Waals surface area contributed by atoms with Crippen LogP contribution in [0.3, 0.4) is 0 Å². The van der Waals surface area contributed by atoms with E-state index in [9.17, 15) is 14.7 Å². The number of rotatable bonds is 5. The lowest BCUT2D eigenvalue weighted by Gasteiger charge is -2.07. The van der Waals surface area contributed by atoms with Crippen molar-refractivity contribution in [2.75, 3.05) is 0 Å². The van der Waals surface area contributed by atoms with Gasteiger partial charge in [0.15, 0.2) is 0 Å². The van der Waals surface area contributed by atoms with Gasteiger partial charge >= 0.3 is 5.97 Å². The van der Waals surface area contributed by atoms with Gasteiger partial charge in [0.05, 0.1) is 17.8 Å². The number of carboxylic acids is 1. The van der Waals surface area contributed by atoms with Gasteiger partial charge in [-0.1, -0.05) is 24.3 Å². The summed E-state index contributed by atoms with van der Waals surface area (Å²) in [5, 5.41) is 16.0. The molecule has 1 aromatic carbocycles. The van der Waals surface area contributed by atoms with E-state index in [1.165, 1.54) is 0 Å². The third-order valence-electron chi connectivity index (χ3n) is 3.67. The molecule has 3 rings (SSSR count). The summed E-state index contributed by atoms with van der Waals surface area (Å²) in [5.41, 5.74) is 2.54. The fourth-order valence-corrected chi connectivity index (χ4v) is 2.41. The van der Waals surface area contributed by atoms with Crippen molar-refractivity contribution >= 4 is 11.9 Å². The van der Waals surface area contributed by atoms with E-state index >= 15 is 0 Å². The Morgan fingerprint density at radius 2 is 1.96 bits per heavy atom. The zero-order chi connectivity index (χ0) is 17.8. The normalized spacial score (nSPS) is 10.4. The van der Waals surface area contributed by atoms with Gasteiger partial charge in [-0.3, -0.25) is 14.5 Å². The molecule has 7 nitrogen and oxygen atoms in total. The van der Waals surface area contributed by atoms with Crippen molar-refractivity contribution in [3.63, 3.8) is 0 Å². The highest BCUT2D eigenvalue weighted by Gasteiger charge is 2.12. The van der Waals surface area contributed by atoms with Crippen LogP contribution >= 0.6 is 0 Å². The molecule has 0 bridgehead atoms. The molecule has 0 atom stereocenters. The summed E-state index contributed by atoms with van der Waals surface area (Å²) < 4.78 is 1.56. The maximum Gasteiger partial charge on any atom is 0.336 e. The number of hydrogen-bond donors (Lipinski definition) is 2. The average Bonchev–Trinajstić information content (AvgIpc) is 3.06. The summed E-state index contributed by atoms with van der Waals surface area (Å²) in [5.74, 6) is -1.26. The summed E-state index contributed by atoms with van der Waals surface area (Å²) in [4.78, 5) is 27.6. The van der Waals surface area contributed by atoms with Crippen LogP contribution in [0, 0.1) is 0 Å². The number of hydrogen-bond acceptors (Lipinski definition) is 4. The van der Waals surface area contributed by atoms with E-state index in [-0.39, 0.29) is 18.0 Å². The molecule has 2 N–H and O–H groups in total. The van der Waals surface area contributed by atoms with Crippen LogP contribution in [-0.2, 0) is 13.6 Å². The Bertz CT molecular complexity index is 916. The number of pyridine rings is 1. The monoisotopic (exact) mass is 336 g/mol. The van der Waals surface area contributed by atoms with Crippen LogP contribution in [0.1, 0.15) is 26.5 Å². The van der Waals surface area contributed by atoms with Crippen molar-refractivity contribution in [1.82, 2.24) is 20.1 Å². The maximum absolute atomic E-state index is 12.0. The van der Waals surface area contributed by atoms with E-state index in [1.807, 2.05) is 0 Å². The molecule has 0 aliphatic carbocycles. The molecule has 0 saturated carbocycles. The largest absolute Gasteiger partial charge is 0.478 e. The first-order chi connectivity index (χ1) is 12.0. The van der Waals surface area contributed by atoms with Crippen molar-refractivity contribution in [2.45, 2.75) is 6.54 Å². The molecule has 0 radical (unpaired) electrons. The van der Waals surface area contributed by atoms with Gasteiger partial charge in [-0.25, -0.2) is 4.79 Å². The zero-order valence-electron chi connectivity index (χ0n) is 13.5. The standard InChI is InChI=1S/C18H16N4O3/c1-22-9-8-16(21-22)17(23)20-11-13-7-6-12(10-19-13)14-4-2-3-5-15(14)18(24)25/h2-10H,11H2,1H3,(H,20,23)(H,24,25). The van der Waals surface area contributed by atoms with Gasteiger partial charge in [0.25, 0.3) is 5.91 Å². The quantitative estimate of drug-likeness (QED) is 0.744. The third kappa shape index (κ3) is 3.72. The molecule has 126 valence electrons. The second kappa shape index (κ2) is 6.96. The van der Waals surface area contributed by atoms with Gasteiger partial charge in [0.1, 0.15) is 5.69 Å². The van der Waals surface area contributed by atoms with Crippen LogP contribution in [-0.4, -0.2) is 31.7 Å². The minimum atomic E-state index is -0.984. The topological polar surface area (TPSA) is 97.1 Å². The van der Waals surface area contributed by atoms with Crippen LogP contribution in [0.5, 0.6) is 0 Å². The molecule has 0 spiro atoms. The molecular formula is C18H16N4O3. The first-order valence-corrected chi connectivity index (χ1v) is 7.60. The highest BCUT2D eigenvalue weighted by atomic mass is 16.4. The Hall–Kier alpha value is -3.48. The molecule has 0 fully saturated rings. The SMILES string of the molecule is Cn1ccc(C(=O)NCc2ccc(-c3ccccc3C(=O)O)cn2)n1. The predicted octanol–water partition coefficient (Wildman–Crippen LogP) is 2.11. The number of amides is 1. The molecule has 1 amide bonds. The Kier molecular flexibility index (Phi) is 4.56. The summed E-state index contributed by atoms with van der Waals surface area (Å²) in [6, 6.07) is 11.9. The van der Waals surface area contributed by atoms with E-state index in [0.29, 0.717) is 22.5 Å². The van der Waals surface area contributed by atoms with Crippen LogP contribution in [0.15, 0.2) is 54.9 Å². The lowest BCUT2D eigenvalue weighted by Crippen LogP contribution is -2.23. The number of aromatic nitrogens is 3. The van der Waals surface area contributed by atoms with Crippen molar-refractivity contribution in [3.05, 3.63) is 71.8 Å². The molecule has 0 aliphatic rings. The van der Waals surface area contributed by atoms with Gasteiger partial charge in [0, 0.05) is 25.0 Å². The Morgan fingerprint density at radius 3 is 2.60 bits per heavy atom. The highest BCUT2D eigenvalue weighted by Crippen LogP contribution is 2.23. The van der Waals surface area contributed by atoms with E-state index < -0.39 is 5.97 Å². The maximum atomic E-state index is 12.0. The number of nitrogens with one attached hydrogen (secondary N) is 1. The second-order valence-electron chi connectivity index (χ2n) is 5.45. The summed E-state index contributed by atoms with van der Waals surface area (Å²) >= 11 is 0. The number of carboxylic acid groups (broad SMARTS) is 1. The fraction of sp³-hybridized carbons (Fsp3) is 0.111. The van der Waals surface area contributed by atoms with E-state index in [0.717, 1.165) is 0 Å². The predicted molar refractivity (Wildman–Crippen MR) is 91.0 cm³/mol. The number of carbonyl (C=O) groups is 2. The molecular weight excluding hydrogens is 320 g/mol. The van der Waals surface area contributed by atoms with Gasteiger partial charge < -0.3 is 10.4 Å². The molecule has 2 aromatic heterocycles. The third-order valence-corrected chi connectivity index (χ3v) is 3.67. The van der Waals surface area contributed by atoms with Crippen LogP contribution in [0.25, 0.3) is 11.1 Å². The molecule has 0 aliphatic heterocycles. The Labute approximate surface area is 143 Å². The first kappa shape index (κ1) is 16.4. The molecule has 25 heavy (non-hydrogen) atoms. The van der Waals surface area contributed by atoms with E-state index in [4.69, 9.17) is 0 Å². The van der Waals surface area contributed by atoms with Gasteiger partial charge in [-0.15, -0.1) is 0 Å². The second-order valence-corrected chi connectivity index (χ2v) is 5.45. The molecule has 3 aromatic rings. The van der Waals surface area contributed by atoms with Gasteiger partial charge in [-0.2, -0.15) is 5.10 Å². The summed E-state index contributed by atoms with van der Waals surface area (Å²) in [7, 11) is 1.74. The first-order valence-electron chi connectivity index (χ1n) is 7.60. The number of aromatic carboxylic acids is 1. The van der Waals surface area contributed by atoms with Crippen molar-refractivity contribution < 1.29 is 14.7 Å². The highest BCUT2D eigenvalue weighted by molar-refractivity contribution is 5.95. The van der Waals surface area contributed by atoms with Crippen molar-refractivity contribution in [1.29, 1.82) is 0 Å². The van der Waals surface area contributed by atoms with Crippen molar-refractivity contribution in [3.8, 4) is 11.1 Å². The lowest BCUT2D eigenvalue weighted by molar-refractivity contribution is 0.0697. The average molecular weight is 336 g/mol. The minimum absolute atomic E-state index is 0.223. The Morgan fingerprint density at radius 1 is 1.16 bits per heavy atom.